The zero-order chi connectivity index (χ0) is 0. The van der Waals surface area contributed by atoms with Crippen LogP contribution >= 0.6 is 0 Å². The molecular weight excluding hydrogens is 342 g/mol. The Labute approximate surface area is 117 Å². The molecular formula is Na2O7W-12. The van der Waals surface area contributed by atoms with Crippen LogP contribution in [0.5, 0.6) is 0 Å². The van der Waals surface area contributed by atoms with E-state index in [1.54, 1.807) is 0 Å². The van der Waals surface area contributed by atoms with Gasteiger partial charge in [-0.15, -0.1) is 0 Å². The van der Waals surface area contributed by atoms with Crippen molar-refractivity contribution < 1.29 is 119 Å². The van der Waals surface area contributed by atoms with Gasteiger partial charge in [0.15, 0.2) is 0 Å². The Hall–Kier alpha value is 2.41. The molecule has 0 amide bonds. The molecule has 0 saturated carbocycles. The van der Waals surface area contributed by atoms with Crippen molar-refractivity contribution in [1.82, 2.24) is 0 Å². The average Bonchev–Trinajstić information content (AvgIpc) is 0. The Kier molecular flexibility index (Phi) is 5930. The molecule has 62 valence electrons. The first-order valence-electron chi connectivity index (χ1n) is 0. The molecule has 0 aliphatic carbocycles. The third-order valence-corrected chi connectivity index (χ3v) is 0. The molecule has 0 atom stereocenters. The largest absolute Gasteiger partial charge is 2.00 e. The van der Waals surface area contributed by atoms with Crippen LogP contribution < -0.4 is 59.1 Å². The summed E-state index contributed by atoms with van der Waals surface area (Å²) in [7, 11) is 0. The van der Waals surface area contributed by atoms with Gasteiger partial charge in [0.05, 0.1) is 0 Å². The molecule has 0 saturated heterocycles. The summed E-state index contributed by atoms with van der Waals surface area (Å²) in [6.45, 7) is 0. The van der Waals surface area contributed by atoms with Crippen LogP contribution in [0.3, 0.4) is 0 Å². The summed E-state index contributed by atoms with van der Waals surface area (Å²) in [5.74, 6) is 0. The van der Waals surface area contributed by atoms with Crippen molar-refractivity contribution >= 4 is 0 Å². The molecule has 0 aromatic carbocycles. The van der Waals surface area contributed by atoms with Gasteiger partial charge in [0.25, 0.3) is 0 Å². The zero-order valence-corrected chi connectivity index (χ0v) is 12.2. The molecule has 7 nitrogen and oxygen atoms in total. The third-order valence-electron chi connectivity index (χ3n) is 0. The van der Waals surface area contributed by atoms with Crippen molar-refractivity contribution in [3.05, 3.63) is 0 Å². The molecule has 10 heavy (non-hydrogen) atoms. The maximum atomic E-state index is 0. The van der Waals surface area contributed by atoms with Crippen molar-refractivity contribution in [3.63, 3.8) is 0 Å². The second kappa shape index (κ2) is 213. The predicted octanol–water partition coefficient (Wildman–Crippen LogP) is -6.83. The first kappa shape index (κ1) is 278. The summed E-state index contributed by atoms with van der Waals surface area (Å²) < 4.78 is 0. The average molecular weight is 342 g/mol. The van der Waals surface area contributed by atoms with Gasteiger partial charge in [-0.3, -0.25) is 0 Å². The van der Waals surface area contributed by atoms with E-state index in [9.17, 15) is 0 Å². The Morgan fingerprint density at radius 1 is 0.300 bits per heavy atom. The SMILES string of the molecule is [Na+].[Na+].[O-2].[O-2].[O-2].[O-2].[O-2].[O-2].[O-2].[W]. The summed E-state index contributed by atoms with van der Waals surface area (Å²) in [5, 5.41) is 0. The second-order valence-electron chi connectivity index (χ2n) is 0. The molecule has 0 fully saturated rings. The maximum Gasteiger partial charge on any atom is 1.00 e. The Morgan fingerprint density at radius 3 is 0.300 bits per heavy atom. The minimum atomic E-state index is 0. The van der Waals surface area contributed by atoms with Crippen molar-refractivity contribution in [3.8, 4) is 0 Å². The summed E-state index contributed by atoms with van der Waals surface area (Å²) in [6, 6.07) is 0. The van der Waals surface area contributed by atoms with Crippen molar-refractivity contribution in [1.29, 1.82) is 0 Å². The molecule has 0 aliphatic heterocycles. The van der Waals surface area contributed by atoms with Gasteiger partial charge in [0.1, 0.15) is 0 Å². The van der Waals surface area contributed by atoms with Crippen LogP contribution in [-0.4, -0.2) is 0 Å². The minimum Gasteiger partial charge on any atom is -2.00 e. The smallest absolute Gasteiger partial charge is 1.00 e. The maximum absolute atomic E-state index is 0. The van der Waals surface area contributed by atoms with Crippen LogP contribution in [0.2, 0.25) is 0 Å². The number of hydrogen-bond donors (Lipinski definition) is 0. The van der Waals surface area contributed by atoms with E-state index in [0.29, 0.717) is 0 Å². The van der Waals surface area contributed by atoms with Gasteiger partial charge in [-0.05, 0) is 0 Å². The molecule has 0 aromatic heterocycles. The van der Waals surface area contributed by atoms with Crippen molar-refractivity contribution in [2.75, 3.05) is 0 Å². The Bertz CT molecular complexity index is 11.6. The van der Waals surface area contributed by atoms with Gasteiger partial charge in [-0.25, -0.2) is 0 Å². The van der Waals surface area contributed by atoms with E-state index in [4.69, 9.17) is 0 Å². The molecule has 0 rings (SSSR count). The molecule has 10 heteroatoms. The minimum absolute atomic E-state index is 0. The van der Waals surface area contributed by atoms with Crippen LogP contribution in [-0.2, 0) is 59.4 Å². The predicted molar refractivity (Wildman–Crippen MR) is 4.81 cm³/mol. The molecule has 0 radical (unpaired) electrons. The van der Waals surface area contributed by atoms with Crippen molar-refractivity contribution in [2.24, 2.45) is 0 Å². The molecule has 0 aromatic rings. The van der Waals surface area contributed by atoms with E-state index in [-0.39, 0.29) is 119 Å². The zero-order valence-electron chi connectivity index (χ0n) is 5.27. The van der Waals surface area contributed by atoms with Crippen LogP contribution in [0.1, 0.15) is 0 Å². The Morgan fingerprint density at radius 2 is 0.300 bits per heavy atom. The number of rotatable bonds is 0. The molecule has 0 bridgehead atoms. The third kappa shape index (κ3) is 159. The van der Waals surface area contributed by atoms with Crippen LogP contribution in [0.4, 0.5) is 0 Å². The summed E-state index contributed by atoms with van der Waals surface area (Å²) in [6.07, 6.45) is 0. The standard InChI is InChI=1S/2Na.7O.W/q2*+1;7*-2;. The second-order valence-corrected chi connectivity index (χ2v) is 0. The fourth-order valence-electron chi connectivity index (χ4n) is 0. The van der Waals surface area contributed by atoms with Crippen LogP contribution in [0.15, 0.2) is 0 Å². The normalized spacial score (nSPS) is 0. The van der Waals surface area contributed by atoms with Crippen LogP contribution in [0, 0.1) is 0 Å². The fraction of sp³-hybridized carbons (Fsp3) is 0. The van der Waals surface area contributed by atoms with E-state index in [2.05, 4.69) is 0 Å². The van der Waals surface area contributed by atoms with E-state index in [0.717, 1.165) is 0 Å². The van der Waals surface area contributed by atoms with Gasteiger partial charge in [0, 0.05) is 21.1 Å². The molecule has 0 N–H and O–H groups in total. The first-order chi connectivity index (χ1) is 0. The van der Waals surface area contributed by atoms with Crippen LogP contribution in [0.25, 0.3) is 0 Å². The Balaban J connectivity index is 0. The molecule has 0 spiro atoms. The number of hydrogen-bond acceptors (Lipinski definition) is 0. The quantitative estimate of drug-likeness (QED) is 0.377. The van der Waals surface area contributed by atoms with E-state index >= 15 is 0 Å². The molecule has 0 unspecified atom stereocenters. The fourth-order valence-corrected chi connectivity index (χ4v) is 0. The molecule has 0 aliphatic rings. The summed E-state index contributed by atoms with van der Waals surface area (Å²) >= 11 is 0. The van der Waals surface area contributed by atoms with Gasteiger partial charge in [0.2, 0.25) is 0 Å². The summed E-state index contributed by atoms with van der Waals surface area (Å²) in [4.78, 5) is 0. The monoisotopic (exact) mass is 342 g/mol. The molecule has 0 heterocycles. The van der Waals surface area contributed by atoms with Gasteiger partial charge in [-0.2, -0.15) is 0 Å². The van der Waals surface area contributed by atoms with Gasteiger partial charge >= 0.3 is 59.1 Å². The van der Waals surface area contributed by atoms with Gasteiger partial charge < -0.3 is 38.3 Å². The summed E-state index contributed by atoms with van der Waals surface area (Å²) in [5.41, 5.74) is 0. The van der Waals surface area contributed by atoms with Gasteiger partial charge in [-0.1, -0.05) is 0 Å². The first-order valence-corrected chi connectivity index (χ1v) is 0. The van der Waals surface area contributed by atoms with E-state index in [1.807, 2.05) is 0 Å². The van der Waals surface area contributed by atoms with E-state index in [1.165, 1.54) is 0 Å². The van der Waals surface area contributed by atoms with E-state index < -0.39 is 0 Å². The van der Waals surface area contributed by atoms with Crippen molar-refractivity contribution in [2.45, 2.75) is 0 Å². The topological polar surface area (TPSA) is 200 Å².